The molecular formula is C10H20S12. The molecule has 0 aromatic rings. The Labute approximate surface area is 189 Å². The summed E-state index contributed by atoms with van der Waals surface area (Å²) in [5.41, 5.74) is 0. The first-order valence-corrected chi connectivity index (χ1v) is 17.6. The normalized spacial score (nSPS) is 18.4. The molecule has 0 amide bonds. The van der Waals surface area contributed by atoms with E-state index >= 15 is 0 Å². The molecule has 0 nitrogen and oxygen atoms in total. The van der Waals surface area contributed by atoms with Crippen molar-refractivity contribution in [3.8, 4) is 0 Å². The van der Waals surface area contributed by atoms with E-state index in [9.17, 15) is 0 Å². The maximum Gasteiger partial charge on any atom is 0.106 e. The molecule has 0 aliphatic carbocycles. The van der Waals surface area contributed by atoms with Gasteiger partial charge < -0.3 is 0 Å². The van der Waals surface area contributed by atoms with Gasteiger partial charge in [-0.15, -0.1) is 82.3 Å². The fourth-order valence-corrected chi connectivity index (χ4v) is 17.1. The van der Waals surface area contributed by atoms with Crippen LogP contribution in [0.3, 0.4) is 0 Å². The van der Waals surface area contributed by atoms with E-state index in [-0.39, 0.29) is 0 Å². The van der Waals surface area contributed by atoms with E-state index in [4.69, 9.17) is 0 Å². The van der Waals surface area contributed by atoms with E-state index in [1.807, 2.05) is 68.6 Å². The smallest absolute Gasteiger partial charge is 0.106 e. The van der Waals surface area contributed by atoms with Crippen LogP contribution in [0, 0.1) is 0 Å². The Bertz CT molecular complexity index is 267. The molecular weight excluding hydrogens is 505 g/mol. The molecule has 0 aromatic heterocycles. The summed E-state index contributed by atoms with van der Waals surface area (Å²) in [7, 11) is 3.97. The summed E-state index contributed by atoms with van der Waals surface area (Å²) in [6, 6.07) is 0. The van der Waals surface area contributed by atoms with E-state index < -0.39 is 0 Å². The van der Waals surface area contributed by atoms with E-state index in [2.05, 4.69) is 80.1 Å². The average molecular weight is 525 g/mol. The molecule has 1 atom stereocenters. The Morgan fingerprint density at radius 2 is 1.36 bits per heavy atom. The highest BCUT2D eigenvalue weighted by molar-refractivity contribution is 8.79. The van der Waals surface area contributed by atoms with Crippen LogP contribution >= 0.6 is 142 Å². The quantitative estimate of drug-likeness (QED) is 0.0913. The topological polar surface area (TPSA) is 0 Å². The highest BCUT2D eigenvalue weighted by atomic mass is 33.1. The molecule has 1 saturated heterocycles. The third kappa shape index (κ3) is 10.5. The van der Waals surface area contributed by atoms with Gasteiger partial charge in [-0.1, -0.05) is 21.6 Å². The molecule has 1 unspecified atom stereocenters. The molecule has 0 saturated carbocycles. The fourth-order valence-electron chi connectivity index (χ4n) is 1.23. The molecule has 0 radical (unpaired) electrons. The van der Waals surface area contributed by atoms with Gasteiger partial charge in [0.25, 0.3) is 0 Å². The first-order valence-electron chi connectivity index (χ1n) is 6.10. The van der Waals surface area contributed by atoms with Gasteiger partial charge >= 0.3 is 0 Å². The molecule has 1 fully saturated rings. The predicted molar refractivity (Wildman–Crippen MR) is 140 cm³/mol. The summed E-state index contributed by atoms with van der Waals surface area (Å²) in [5.74, 6) is 0. The minimum atomic E-state index is 0.419. The lowest BCUT2D eigenvalue weighted by Crippen LogP contribution is -2.18. The van der Waals surface area contributed by atoms with Crippen molar-refractivity contribution >= 4 is 142 Å². The lowest BCUT2D eigenvalue weighted by atomic mass is 10.9. The standard InChI is InChI=1S/C10H20S12/c1-10(18-6-19-10)20-7-22-21-5-17-9(16-4-13)8(14-2-11)15-3-12/h8-9,11-13H,2-7H2,1H3. The Morgan fingerprint density at radius 1 is 0.864 bits per heavy atom. The zero-order valence-electron chi connectivity index (χ0n) is 11.9. The first-order chi connectivity index (χ1) is 10.6. The number of hydrogen-bond acceptors (Lipinski definition) is 12. The van der Waals surface area contributed by atoms with Crippen molar-refractivity contribution in [2.75, 3.05) is 30.5 Å². The molecule has 22 heavy (non-hydrogen) atoms. The highest BCUT2D eigenvalue weighted by Gasteiger charge is 2.34. The number of thioether (sulfide) groups is 7. The molecule has 0 bridgehead atoms. The molecule has 12 heteroatoms. The van der Waals surface area contributed by atoms with Crippen LogP contribution in [-0.2, 0) is 0 Å². The molecule has 1 heterocycles. The summed E-state index contributed by atoms with van der Waals surface area (Å²) in [5, 5.41) is 6.16. The van der Waals surface area contributed by atoms with Crippen LogP contribution in [-0.4, -0.2) is 43.1 Å². The van der Waals surface area contributed by atoms with Crippen LogP contribution in [0.4, 0.5) is 0 Å². The fraction of sp³-hybridized carbons (Fsp3) is 1.00. The molecule has 1 aliphatic heterocycles. The number of rotatable bonds is 14. The third-order valence-electron chi connectivity index (χ3n) is 2.31. The van der Waals surface area contributed by atoms with Gasteiger partial charge in [0.15, 0.2) is 0 Å². The average Bonchev–Trinajstić information content (AvgIpc) is 2.47. The molecule has 1 rings (SSSR count). The molecule has 0 aromatic carbocycles. The van der Waals surface area contributed by atoms with Crippen LogP contribution in [0.25, 0.3) is 0 Å². The van der Waals surface area contributed by atoms with Crippen LogP contribution in [0.2, 0.25) is 0 Å². The zero-order valence-corrected chi connectivity index (χ0v) is 21.9. The van der Waals surface area contributed by atoms with E-state index in [0.717, 1.165) is 20.3 Å². The van der Waals surface area contributed by atoms with E-state index in [1.165, 1.54) is 10.2 Å². The van der Waals surface area contributed by atoms with Gasteiger partial charge in [-0.2, -0.15) is 37.9 Å². The van der Waals surface area contributed by atoms with Gasteiger partial charge in [-0.25, -0.2) is 0 Å². The second-order valence-electron chi connectivity index (χ2n) is 3.68. The van der Waals surface area contributed by atoms with Crippen LogP contribution in [0.1, 0.15) is 6.92 Å². The SMILES string of the molecule is CC1(SCSSCSC(SCS)C(SCS)SCS)SCS1. The second-order valence-corrected chi connectivity index (χ2v) is 19.5. The maximum absolute atomic E-state index is 4.39. The third-order valence-corrected chi connectivity index (χ3v) is 17.6. The lowest BCUT2D eigenvalue weighted by molar-refractivity contribution is 1.31. The Balaban J connectivity index is 2.16. The minimum Gasteiger partial charge on any atom is -0.168 e. The van der Waals surface area contributed by atoms with Gasteiger partial charge in [0.1, 0.15) is 3.41 Å². The Hall–Kier alpha value is 4.20. The summed E-state index contributed by atoms with van der Waals surface area (Å²) in [6.45, 7) is 2.34. The summed E-state index contributed by atoms with van der Waals surface area (Å²) in [4.78, 5) is 0. The van der Waals surface area contributed by atoms with Gasteiger partial charge in [-0.05, 0) is 6.92 Å². The molecule has 0 spiro atoms. The Morgan fingerprint density at radius 3 is 1.82 bits per heavy atom. The summed E-state index contributed by atoms with van der Waals surface area (Å²) in [6.07, 6.45) is 0. The van der Waals surface area contributed by atoms with Crippen molar-refractivity contribution in [3.05, 3.63) is 0 Å². The van der Waals surface area contributed by atoms with Crippen molar-refractivity contribution in [2.45, 2.75) is 19.5 Å². The zero-order chi connectivity index (χ0) is 16.3. The number of hydrogen-bond donors (Lipinski definition) is 3. The van der Waals surface area contributed by atoms with Gasteiger partial charge in [0.05, 0.1) is 19.3 Å². The minimum absolute atomic E-state index is 0.419. The van der Waals surface area contributed by atoms with Crippen LogP contribution in [0.15, 0.2) is 0 Å². The van der Waals surface area contributed by atoms with Crippen molar-refractivity contribution in [3.63, 3.8) is 0 Å². The first kappa shape index (κ1) is 24.2. The van der Waals surface area contributed by atoms with Gasteiger partial charge in [0, 0.05) is 20.3 Å². The van der Waals surface area contributed by atoms with Crippen molar-refractivity contribution in [2.24, 2.45) is 0 Å². The second kappa shape index (κ2) is 15.2. The maximum atomic E-state index is 4.39. The van der Waals surface area contributed by atoms with E-state index in [1.54, 1.807) is 0 Å². The van der Waals surface area contributed by atoms with Crippen molar-refractivity contribution < 1.29 is 0 Å². The number of thiol groups is 3. The predicted octanol–water partition coefficient (Wildman–Crippen LogP) is 7.37. The monoisotopic (exact) mass is 524 g/mol. The van der Waals surface area contributed by atoms with Crippen molar-refractivity contribution in [1.82, 2.24) is 0 Å². The van der Waals surface area contributed by atoms with Gasteiger partial charge in [0.2, 0.25) is 0 Å². The van der Waals surface area contributed by atoms with Crippen molar-refractivity contribution in [1.29, 1.82) is 0 Å². The summed E-state index contributed by atoms with van der Waals surface area (Å²) >= 11 is 27.1. The lowest BCUT2D eigenvalue weighted by Gasteiger charge is -2.35. The van der Waals surface area contributed by atoms with Crippen LogP contribution in [0.5, 0.6) is 0 Å². The molecule has 1 aliphatic rings. The molecule has 0 N–H and O–H groups in total. The van der Waals surface area contributed by atoms with E-state index in [0.29, 0.717) is 12.6 Å². The molecule has 132 valence electrons. The van der Waals surface area contributed by atoms with Gasteiger partial charge in [-0.3, -0.25) is 0 Å². The summed E-state index contributed by atoms with van der Waals surface area (Å²) < 4.78 is 1.52. The highest BCUT2D eigenvalue weighted by Crippen LogP contribution is 2.58. The Kier molecular flexibility index (Phi) is 16.7. The largest absolute Gasteiger partial charge is 0.168 e. The van der Waals surface area contributed by atoms with Crippen LogP contribution < -0.4 is 0 Å².